The van der Waals surface area contributed by atoms with Crippen LogP contribution in [0.1, 0.15) is 30.0 Å². The molecule has 0 saturated carbocycles. The standard InChI is InChI=1S/C32H44N4O6/c1-2-35-31(37)25-34-16-18-40-20-22-42-24-23-41-21-19-39-17-15-33-14-13-32(38)36-26-29-9-4-3-7-27(29)11-12-28-8-5-6-10-30(28)36/h3-10,33-34H,2,13-26H2,1H3,(H,35,37). The summed E-state index contributed by atoms with van der Waals surface area (Å²) in [6.07, 6.45) is 0.382. The van der Waals surface area contributed by atoms with E-state index in [1.807, 2.05) is 60.4 Å². The zero-order valence-electron chi connectivity index (χ0n) is 24.6. The SMILES string of the molecule is CCNC(=O)CNCCOCCOCCOCCOCCNCCC(=O)N1Cc2ccccc2C#Cc2ccccc21. The Morgan fingerprint density at radius 1 is 0.738 bits per heavy atom. The zero-order valence-corrected chi connectivity index (χ0v) is 24.6. The lowest BCUT2D eigenvalue weighted by molar-refractivity contribution is -0.120. The van der Waals surface area contributed by atoms with Crippen LogP contribution in [0.25, 0.3) is 0 Å². The summed E-state index contributed by atoms with van der Waals surface area (Å²) in [5, 5.41) is 9.03. The number of nitrogens with one attached hydrogen (secondary N) is 3. The first kappa shape index (κ1) is 33.2. The number of hydrogen-bond acceptors (Lipinski definition) is 8. The molecule has 1 heterocycles. The molecule has 1 aliphatic rings. The predicted molar refractivity (Wildman–Crippen MR) is 162 cm³/mol. The average molecular weight is 581 g/mol. The average Bonchev–Trinajstić information content (AvgIpc) is 2.99. The Balaban J connectivity index is 1.15. The first-order valence-electron chi connectivity index (χ1n) is 14.7. The van der Waals surface area contributed by atoms with Crippen molar-refractivity contribution >= 4 is 17.5 Å². The summed E-state index contributed by atoms with van der Waals surface area (Å²) in [6, 6.07) is 15.8. The van der Waals surface area contributed by atoms with Crippen LogP contribution < -0.4 is 20.9 Å². The highest BCUT2D eigenvalue weighted by molar-refractivity contribution is 5.95. The fraction of sp³-hybridized carbons (Fsp3) is 0.500. The Labute approximate surface area is 249 Å². The Bertz CT molecular complexity index is 1150. The van der Waals surface area contributed by atoms with Gasteiger partial charge in [0, 0.05) is 43.7 Å². The molecule has 1 aliphatic heterocycles. The molecular weight excluding hydrogens is 536 g/mol. The molecule has 228 valence electrons. The number of carbonyl (C=O) groups is 2. The molecule has 0 atom stereocenters. The van der Waals surface area contributed by atoms with Crippen LogP contribution in [0.2, 0.25) is 0 Å². The smallest absolute Gasteiger partial charge is 0.233 e. The van der Waals surface area contributed by atoms with Crippen LogP contribution in [0.4, 0.5) is 5.69 Å². The molecule has 10 nitrogen and oxygen atoms in total. The molecule has 3 rings (SSSR count). The maximum atomic E-state index is 13.2. The van der Waals surface area contributed by atoms with Gasteiger partial charge in [-0.2, -0.15) is 0 Å². The molecule has 0 radical (unpaired) electrons. The summed E-state index contributed by atoms with van der Waals surface area (Å²) in [6.45, 7) is 9.21. The van der Waals surface area contributed by atoms with Crippen LogP contribution in [0.15, 0.2) is 48.5 Å². The third-order valence-electron chi connectivity index (χ3n) is 6.31. The van der Waals surface area contributed by atoms with Crippen molar-refractivity contribution in [3.05, 3.63) is 65.2 Å². The number of rotatable bonds is 21. The number of amides is 2. The maximum absolute atomic E-state index is 13.2. The van der Waals surface area contributed by atoms with Gasteiger partial charge in [-0.15, -0.1) is 0 Å². The van der Waals surface area contributed by atoms with Crippen molar-refractivity contribution in [3.63, 3.8) is 0 Å². The predicted octanol–water partition coefficient (Wildman–Crippen LogP) is 1.70. The Morgan fingerprint density at radius 2 is 1.31 bits per heavy atom. The van der Waals surface area contributed by atoms with Crippen molar-refractivity contribution in [2.75, 3.05) is 90.5 Å². The summed E-state index contributed by atoms with van der Waals surface area (Å²) < 4.78 is 22.0. The third-order valence-corrected chi connectivity index (χ3v) is 6.31. The number of anilines is 1. The van der Waals surface area contributed by atoms with Gasteiger partial charge in [-0.1, -0.05) is 42.2 Å². The number of nitrogens with zero attached hydrogens (tertiary/aromatic N) is 1. The molecule has 2 aromatic rings. The summed E-state index contributed by atoms with van der Waals surface area (Å²) in [7, 11) is 0. The Kier molecular flexibility index (Phi) is 16.3. The number of para-hydroxylation sites is 1. The number of benzene rings is 2. The fourth-order valence-electron chi connectivity index (χ4n) is 4.17. The fourth-order valence-corrected chi connectivity index (χ4v) is 4.17. The van der Waals surface area contributed by atoms with E-state index < -0.39 is 0 Å². The first-order valence-corrected chi connectivity index (χ1v) is 14.7. The van der Waals surface area contributed by atoms with Crippen LogP contribution in [0.5, 0.6) is 0 Å². The minimum absolute atomic E-state index is 0.0133. The van der Waals surface area contributed by atoms with Gasteiger partial charge in [0.2, 0.25) is 11.8 Å². The number of likely N-dealkylation sites (N-methyl/N-ethyl adjacent to an activating group) is 1. The lowest BCUT2D eigenvalue weighted by atomic mass is 10.0. The highest BCUT2D eigenvalue weighted by atomic mass is 16.6. The normalized spacial score (nSPS) is 12.0. The minimum atomic E-state index is -0.0133. The molecule has 0 aliphatic carbocycles. The highest BCUT2D eigenvalue weighted by Crippen LogP contribution is 2.25. The quantitative estimate of drug-likeness (QED) is 0.151. The number of hydrogen-bond donors (Lipinski definition) is 3. The van der Waals surface area contributed by atoms with E-state index in [0.29, 0.717) is 98.5 Å². The summed E-state index contributed by atoms with van der Waals surface area (Å²) >= 11 is 0. The van der Waals surface area contributed by atoms with Crippen LogP contribution in [-0.2, 0) is 35.1 Å². The van der Waals surface area contributed by atoms with E-state index in [2.05, 4.69) is 27.8 Å². The van der Waals surface area contributed by atoms with Crippen LogP contribution in [-0.4, -0.2) is 97.4 Å². The van der Waals surface area contributed by atoms with E-state index in [1.165, 1.54) is 0 Å². The molecule has 3 N–H and O–H groups in total. The van der Waals surface area contributed by atoms with Crippen molar-refractivity contribution < 1.29 is 28.5 Å². The second-order valence-electron chi connectivity index (χ2n) is 9.48. The van der Waals surface area contributed by atoms with Gasteiger partial charge in [0.25, 0.3) is 0 Å². The lowest BCUT2D eigenvalue weighted by Crippen LogP contribution is -2.35. The molecule has 2 aromatic carbocycles. The van der Waals surface area contributed by atoms with E-state index in [1.54, 1.807) is 0 Å². The lowest BCUT2D eigenvalue weighted by Gasteiger charge is -2.26. The maximum Gasteiger partial charge on any atom is 0.233 e. The topological polar surface area (TPSA) is 110 Å². The molecular formula is C32H44N4O6. The van der Waals surface area contributed by atoms with Crippen molar-refractivity contribution in [3.8, 4) is 11.8 Å². The molecule has 0 unspecified atom stereocenters. The van der Waals surface area contributed by atoms with Crippen LogP contribution in [0.3, 0.4) is 0 Å². The van der Waals surface area contributed by atoms with Gasteiger partial charge in [0.05, 0.1) is 71.6 Å². The first-order chi connectivity index (χ1) is 20.7. The van der Waals surface area contributed by atoms with Crippen molar-refractivity contribution in [2.24, 2.45) is 0 Å². The van der Waals surface area contributed by atoms with Gasteiger partial charge in [-0.3, -0.25) is 9.59 Å². The van der Waals surface area contributed by atoms with E-state index in [9.17, 15) is 9.59 Å². The van der Waals surface area contributed by atoms with E-state index >= 15 is 0 Å². The monoisotopic (exact) mass is 580 g/mol. The van der Waals surface area contributed by atoms with E-state index in [-0.39, 0.29) is 11.8 Å². The van der Waals surface area contributed by atoms with Crippen molar-refractivity contribution in [2.45, 2.75) is 19.9 Å². The van der Waals surface area contributed by atoms with Crippen LogP contribution in [0, 0.1) is 11.8 Å². The second kappa shape index (κ2) is 20.6. The number of carbonyl (C=O) groups excluding carboxylic acids is 2. The van der Waals surface area contributed by atoms with Gasteiger partial charge in [0.1, 0.15) is 0 Å². The largest absolute Gasteiger partial charge is 0.378 e. The molecule has 0 aromatic heterocycles. The number of fused-ring (bicyclic) bond motifs is 2. The minimum Gasteiger partial charge on any atom is -0.378 e. The van der Waals surface area contributed by atoms with Crippen molar-refractivity contribution in [1.29, 1.82) is 0 Å². The molecule has 2 amide bonds. The highest BCUT2D eigenvalue weighted by Gasteiger charge is 2.20. The van der Waals surface area contributed by atoms with Gasteiger partial charge < -0.3 is 39.8 Å². The Morgan fingerprint density at radius 3 is 2.00 bits per heavy atom. The van der Waals surface area contributed by atoms with Gasteiger partial charge >= 0.3 is 0 Å². The number of ether oxygens (including phenoxy) is 4. The molecule has 0 bridgehead atoms. The molecule has 10 heteroatoms. The van der Waals surface area contributed by atoms with Crippen LogP contribution >= 0.6 is 0 Å². The molecule has 0 saturated heterocycles. The molecule has 0 fully saturated rings. The summed E-state index contributed by atoms with van der Waals surface area (Å²) in [5.41, 5.74) is 3.72. The zero-order chi connectivity index (χ0) is 29.7. The molecule has 42 heavy (non-hydrogen) atoms. The summed E-state index contributed by atoms with van der Waals surface area (Å²) in [4.78, 5) is 26.3. The van der Waals surface area contributed by atoms with Gasteiger partial charge in [0.15, 0.2) is 0 Å². The van der Waals surface area contributed by atoms with E-state index in [4.69, 9.17) is 18.9 Å². The van der Waals surface area contributed by atoms with E-state index in [0.717, 1.165) is 22.4 Å². The summed E-state index contributed by atoms with van der Waals surface area (Å²) in [5.74, 6) is 6.52. The van der Waals surface area contributed by atoms with Gasteiger partial charge in [-0.05, 0) is 30.7 Å². The second-order valence-corrected chi connectivity index (χ2v) is 9.48. The van der Waals surface area contributed by atoms with Crippen molar-refractivity contribution in [1.82, 2.24) is 16.0 Å². The van der Waals surface area contributed by atoms with Gasteiger partial charge in [-0.25, -0.2) is 0 Å². The third kappa shape index (κ3) is 12.7. The Hall–Kier alpha value is -3.30. The molecule has 0 spiro atoms.